The monoisotopic (exact) mass is 303 g/mol. The molecule has 2 N–H and O–H groups in total. The van der Waals surface area contributed by atoms with E-state index in [1.54, 1.807) is 0 Å². The van der Waals surface area contributed by atoms with Crippen molar-refractivity contribution in [3.05, 3.63) is 33.8 Å². The van der Waals surface area contributed by atoms with E-state index in [1.807, 2.05) is 0 Å². The third kappa shape index (κ3) is 2.25. The zero-order valence-corrected chi connectivity index (χ0v) is 11.6. The van der Waals surface area contributed by atoms with Crippen LogP contribution in [0.4, 0.5) is 8.78 Å². The maximum atomic E-state index is 14.0. The van der Waals surface area contributed by atoms with Crippen molar-refractivity contribution >= 4 is 15.9 Å². The zero-order chi connectivity index (χ0) is 12.8. The highest BCUT2D eigenvalue weighted by molar-refractivity contribution is 9.10. The highest BCUT2D eigenvalue weighted by Crippen LogP contribution is 2.49. The van der Waals surface area contributed by atoms with E-state index < -0.39 is 17.2 Å². The van der Waals surface area contributed by atoms with Crippen LogP contribution in [0, 0.1) is 17.0 Å². The molecular weight excluding hydrogens is 288 g/mol. The molecule has 94 valence electrons. The molecule has 1 nitrogen and oxygen atoms in total. The van der Waals surface area contributed by atoms with E-state index in [4.69, 9.17) is 5.73 Å². The molecule has 2 rings (SSSR count). The molecular formula is C13H16BrF2N. The lowest BCUT2D eigenvalue weighted by Gasteiger charge is -2.28. The fraction of sp³-hybridized carbons (Fsp3) is 0.538. The summed E-state index contributed by atoms with van der Waals surface area (Å²) in [6.45, 7) is 4.16. The van der Waals surface area contributed by atoms with Gasteiger partial charge in [-0.05, 0) is 52.7 Å². The van der Waals surface area contributed by atoms with Crippen LogP contribution in [0.5, 0.6) is 0 Å². The molecule has 0 spiro atoms. The number of hydrogen-bond acceptors (Lipinski definition) is 1. The van der Waals surface area contributed by atoms with Gasteiger partial charge >= 0.3 is 0 Å². The minimum Gasteiger partial charge on any atom is -0.321 e. The molecule has 0 saturated heterocycles. The van der Waals surface area contributed by atoms with Crippen molar-refractivity contribution in [2.24, 2.45) is 11.1 Å². The summed E-state index contributed by atoms with van der Waals surface area (Å²) in [5, 5.41) is 0. The normalized spacial score (nSPS) is 27.4. The van der Waals surface area contributed by atoms with E-state index in [0.29, 0.717) is 12.8 Å². The summed E-state index contributed by atoms with van der Waals surface area (Å²) < 4.78 is 28.2. The molecule has 1 aliphatic carbocycles. The Morgan fingerprint density at radius 1 is 1.24 bits per heavy atom. The van der Waals surface area contributed by atoms with E-state index in [0.717, 1.165) is 6.42 Å². The Kier molecular flexibility index (Phi) is 3.07. The number of halogens is 3. The van der Waals surface area contributed by atoms with Gasteiger partial charge in [0.2, 0.25) is 0 Å². The molecule has 4 heteroatoms. The van der Waals surface area contributed by atoms with Gasteiger partial charge in [0.05, 0.1) is 4.47 Å². The lowest BCUT2D eigenvalue weighted by atomic mass is 9.83. The van der Waals surface area contributed by atoms with Crippen LogP contribution in [-0.2, 0) is 5.54 Å². The molecule has 1 fully saturated rings. The standard InChI is InChI=1S/C13H16BrF2N/c1-12(2)5-6-13(17,7-12)10-9(15)4-3-8(14)11(10)16/h3-4H,5-7,17H2,1-2H3. The minimum absolute atomic E-state index is 0.0254. The zero-order valence-electron chi connectivity index (χ0n) is 9.99. The van der Waals surface area contributed by atoms with E-state index >= 15 is 0 Å². The average Bonchev–Trinajstić information content (AvgIpc) is 2.48. The lowest BCUT2D eigenvalue weighted by Crippen LogP contribution is -2.36. The van der Waals surface area contributed by atoms with Crippen LogP contribution in [0.1, 0.15) is 38.7 Å². The summed E-state index contributed by atoms with van der Waals surface area (Å²) in [5.41, 5.74) is 5.40. The second-order valence-corrected chi connectivity index (χ2v) is 6.57. The van der Waals surface area contributed by atoms with Gasteiger partial charge < -0.3 is 5.73 Å². The SMILES string of the molecule is CC1(C)CCC(N)(c2c(F)ccc(Br)c2F)C1. The van der Waals surface area contributed by atoms with E-state index in [-0.39, 0.29) is 15.5 Å². The molecule has 17 heavy (non-hydrogen) atoms. The molecule has 0 bridgehead atoms. The van der Waals surface area contributed by atoms with Crippen molar-refractivity contribution in [1.29, 1.82) is 0 Å². The Balaban J connectivity index is 2.51. The topological polar surface area (TPSA) is 26.0 Å². The maximum Gasteiger partial charge on any atom is 0.145 e. The molecule has 1 aromatic rings. The molecule has 1 unspecified atom stereocenters. The van der Waals surface area contributed by atoms with E-state index in [1.165, 1.54) is 12.1 Å². The van der Waals surface area contributed by atoms with Gasteiger partial charge in [-0.25, -0.2) is 8.78 Å². The Morgan fingerprint density at radius 2 is 1.88 bits per heavy atom. The third-order valence-electron chi connectivity index (χ3n) is 3.58. The van der Waals surface area contributed by atoms with Gasteiger partial charge in [-0.2, -0.15) is 0 Å². The maximum absolute atomic E-state index is 14.0. The van der Waals surface area contributed by atoms with E-state index in [9.17, 15) is 8.78 Å². The summed E-state index contributed by atoms with van der Waals surface area (Å²) in [6, 6.07) is 2.64. The molecule has 1 atom stereocenters. The fourth-order valence-electron chi connectivity index (χ4n) is 2.79. The highest BCUT2D eigenvalue weighted by Gasteiger charge is 2.44. The van der Waals surface area contributed by atoms with Gasteiger partial charge in [-0.3, -0.25) is 0 Å². The van der Waals surface area contributed by atoms with Crippen LogP contribution < -0.4 is 5.73 Å². The minimum atomic E-state index is -0.887. The van der Waals surface area contributed by atoms with Crippen LogP contribution >= 0.6 is 15.9 Å². The van der Waals surface area contributed by atoms with Gasteiger partial charge in [0.1, 0.15) is 11.6 Å². The second kappa shape index (κ2) is 4.02. The third-order valence-corrected chi connectivity index (χ3v) is 4.20. The first-order valence-electron chi connectivity index (χ1n) is 5.68. The second-order valence-electron chi connectivity index (χ2n) is 5.72. The van der Waals surface area contributed by atoms with Crippen molar-refractivity contribution in [3.8, 4) is 0 Å². The van der Waals surface area contributed by atoms with Crippen LogP contribution in [0.25, 0.3) is 0 Å². The number of hydrogen-bond donors (Lipinski definition) is 1. The van der Waals surface area contributed by atoms with Gasteiger partial charge in [-0.1, -0.05) is 13.8 Å². The van der Waals surface area contributed by atoms with Gasteiger partial charge in [0, 0.05) is 11.1 Å². The van der Waals surface area contributed by atoms with Gasteiger partial charge in [-0.15, -0.1) is 0 Å². The molecule has 0 aromatic heterocycles. The molecule has 0 aliphatic heterocycles. The number of rotatable bonds is 1. The molecule has 0 heterocycles. The quantitative estimate of drug-likeness (QED) is 0.777. The Labute approximate surface area is 109 Å². The smallest absolute Gasteiger partial charge is 0.145 e. The predicted octanol–water partition coefficient (Wildman–Crippen LogP) is 4.09. The summed E-state index contributed by atoms with van der Waals surface area (Å²) >= 11 is 3.08. The van der Waals surface area contributed by atoms with Crippen molar-refractivity contribution < 1.29 is 8.78 Å². The molecule has 1 saturated carbocycles. The van der Waals surface area contributed by atoms with Crippen molar-refractivity contribution in [2.75, 3.05) is 0 Å². The first kappa shape index (κ1) is 13.0. The van der Waals surface area contributed by atoms with Crippen molar-refractivity contribution in [3.63, 3.8) is 0 Å². The van der Waals surface area contributed by atoms with Crippen LogP contribution in [0.15, 0.2) is 16.6 Å². The summed E-state index contributed by atoms with van der Waals surface area (Å²) in [5.74, 6) is -1.11. The summed E-state index contributed by atoms with van der Waals surface area (Å²) in [4.78, 5) is 0. The lowest BCUT2D eigenvalue weighted by molar-refractivity contribution is 0.326. The number of nitrogens with two attached hydrogens (primary N) is 1. The summed E-state index contributed by atoms with van der Waals surface area (Å²) in [6.07, 6.45) is 2.10. The molecule has 0 amide bonds. The fourth-order valence-corrected chi connectivity index (χ4v) is 3.12. The molecule has 1 aliphatic rings. The Hall–Kier alpha value is -0.480. The van der Waals surface area contributed by atoms with E-state index in [2.05, 4.69) is 29.8 Å². The van der Waals surface area contributed by atoms with Crippen LogP contribution in [0.3, 0.4) is 0 Å². The largest absolute Gasteiger partial charge is 0.321 e. The average molecular weight is 304 g/mol. The van der Waals surface area contributed by atoms with Crippen LogP contribution in [0.2, 0.25) is 0 Å². The van der Waals surface area contributed by atoms with Gasteiger partial charge in [0.25, 0.3) is 0 Å². The highest BCUT2D eigenvalue weighted by atomic mass is 79.9. The Morgan fingerprint density at radius 3 is 2.41 bits per heavy atom. The molecule has 0 radical (unpaired) electrons. The van der Waals surface area contributed by atoms with Crippen LogP contribution in [-0.4, -0.2) is 0 Å². The number of benzene rings is 1. The first-order chi connectivity index (χ1) is 7.75. The van der Waals surface area contributed by atoms with Gasteiger partial charge in [0.15, 0.2) is 0 Å². The summed E-state index contributed by atoms with van der Waals surface area (Å²) in [7, 11) is 0. The Bertz CT molecular complexity index is 459. The first-order valence-corrected chi connectivity index (χ1v) is 6.47. The van der Waals surface area contributed by atoms with Crippen molar-refractivity contribution in [1.82, 2.24) is 0 Å². The predicted molar refractivity (Wildman–Crippen MR) is 67.6 cm³/mol. The van der Waals surface area contributed by atoms with Crippen molar-refractivity contribution in [2.45, 2.75) is 38.6 Å². The molecule has 1 aromatic carbocycles.